The van der Waals surface area contributed by atoms with Gasteiger partial charge < -0.3 is 10.2 Å². The first-order valence-electron chi connectivity index (χ1n) is 6.42. The minimum Gasteiger partial charge on any atom is -0.338 e. The van der Waals surface area contributed by atoms with Crippen molar-refractivity contribution in [3.05, 3.63) is 34.9 Å². The summed E-state index contributed by atoms with van der Waals surface area (Å²) in [6, 6.07) is 2.07. The van der Waals surface area contributed by atoms with Crippen LogP contribution in [0.15, 0.2) is 12.1 Å². The van der Waals surface area contributed by atoms with Crippen molar-refractivity contribution in [2.45, 2.75) is 13.3 Å². The van der Waals surface area contributed by atoms with Gasteiger partial charge in [0.25, 0.3) is 5.91 Å². The van der Waals surface area contributed by atoms with Crippen LogP contribution in [-0.4, -0.2) is 37.5 Å². The van der Waals surface area contributed by atoms with Crippen molar-refractivity contribution >= 4 is 18.3 Å². The number of aryl methyl sites for hydroxylation is 1. The zero-order valence-electron chi connectivity index (χ0n) is 11.6. The highest BCUT2D eigenvalue weighted by Crippen LogP contribution is 2.21. The number of halogens is 3. The molecule has 0 radical (unpaired) electrons. The van der Waals surface area contributed by atoms with Crippen LogP contribution in [0.3, 0.4) is 0 Å². The maximum atomic E-state index is 13.7. The van der Waals surface area contributed by atoms with E-state index < -0.39 is 11.6 Å². The van der Waals surface area contributed by atoms with Crippen molar-refractivity contribution in [2.24, 2.45) is 5.92 Å². The molecule has 1 heterocycles. The van der Waals surface area contributed by atoms with Gasteiger partial charge in [-0.1, -0.05) is 0 Å². The van der Waals surface area contributed by atoms with Crippen molar-refractivity contribution in [2.75, 3.05) is 26.7 Å². The number of rotatable bonds is 3. The van der Waals surface area contributed by atoms with Crippen LogP contribution < -0.4 is 5.32 Å². The highest BCUT2D eigenvalue weighted by molar-refractivity contribution is 5.94. The number of carbonyl (C=O) groups is 1. The van der Waals surface area contributed by atoms with Crippen LogP contribution in [0.2, 0.25) is 0 Å². The van der Waals surface area contributed by atoms with Gasteiger partial charge in [0.05, 0.1) is 5.56 Å². The Morgan fingerprint density at radius 3 is 2.75 bits per heavy atom. The van der Waals surface area contributed by atoms with Crippen molar-refractivity contribution < 1.29 is 13.6 Å². The van der Waals surface area contributed by atoms with E-state index in [1.54, 1.807) is 4.90 Å². The average Bonchev–Trinajstić information content (AvgIpc) is 2.82. The zero-order valence-corrected chi connectivity index (χ0v) is 12.4. The van der Waals surface area contributed by atoms with Gasteiger partial charge in [-0.05, 0) is 44.5 Å². The molecule has 3 nitrogen and oxygen atoms in total. The maximum absolute atomic E-state index is 13.7. The molecule has 1 aromatic carbocycles. The summed E-state index contributed by atoms with van der Waals surface area (Å²) < 4.78 is 26.9. The van der Waals surface area contributed by atoms with Crippen molar-refractivity contribution in [3.8, 4) is 0 Å². The number of amides is 1. The minimum absolute atomic E-state index is 0. The van der Waals surface area contributed by atoms with Gasteiger partial charge >= 0.3 is 0 Å². The lowest BCUT2D eigenvalue weighted by Crippen LogP contribution is -2.31. The molecule has 20 heavy (non-hydrogen) atoms. The summed E-state index contributed by atoms with van der Waals surface area (Å²) in [5.41, 5.74) is 0.250. The van der Waals surface area contributed by atoms with Gasteiger partial charge in [-0.15, -0.1) is 12.4 Å². The number of nitrogens with zero attached hydrogens (tertiary/aromatic N) is 1. The molecule has 1 saturated heterocycles. The second-order valence-corrected chi connectivity index (χ2v) is 5.04. The van der Waals surface area contributed by atoms with Crippen molar-refractivity contribution in [1.82, 2.24) is 10.2 Å². The Balaban J connectivity index is 0.00000200. The molecule has 0 bridgehead atoms. The quantitative estimate of drug-likeness (QED) is 0.930. The van der Waals surface area contributed by atoms with E-state index in [9.17, 15) is 13.6 Å². The molecule has 2 rings (SSSR count). The topological polar surface area (TPSA) is 32.3 Å². The predicted octanol–water partition coefficient (Wildman–Crippen LogP) is 2.38. The van der Waals surface area contributed by atoms with Gasteiger partial charge in [0, 0.05) is 19.2 Å². The molecule has 1 atom stereocenters. The predicted molar refractivity (Wildman–Crippen MR) is 76.3 cm³/mol. The summed E-state index contributed by atoms with van der Waals surface area (Å²) in [6.45, 7) is 3.62. The second kappa shape index (κ2) is 6.99. The van der Waals surface area contributed by atoms with E-state index >= 15 is 0 Å². The third kappa shape index (κ3) is 3.46. The van der Waals surface area contributed by atoms with Gasteiger partial charge in [-0.2, -0.15) is 0 Å². The van der Waals surface area contributed by atoms with E-state index in [0.29, 0.717) is 19.0 Å². The van der Waals surface area contributed by atoms with E-state index in [-0.39, 0.29) is 29.4 Å². The molecule has 1 unspecified atom stereocenters. The highest BCUT2D eigenvalue weighted by atomic mass is 35.5. The number of likely N-dealkylation sites (tertiary alicyclic amines) is 1. The van der Waals surface area contributed by atoms with Crippen LogP contribution in [0.5, 0.6) is 0 Å². The first-order chi connectivity index (χ1) is 9.02. The number of benzene rings is 1. The van der Waals surface area contributed by atoms with Crippen LogP contribution in [-0.2, 0) is 0 Å². The SMILES string of the molecule is CNCC1CCN(C(=O)c2cc(C)c(F)cc2F)C1.Cl. The third-order valence-corrected chi connectivity index (χ3v) is 3.54. The standard InChI is InChI=1S/C14H18F2N2O.ClH/c1-9-5-11(13(16)6-12(9)15)14(19)18-4-3-10(8-18)7-17-2;/h5-6,10,17H,3-4,7-8H2,1-2H3;1H. The largest absolute Gasteiger partial charge is 0.338 e. The number of nitrogens with one attached hydrogen (secondary N) is 1. The molecular weight excluding hydrogens is 286 g/mol. The Labute approximate surface area is 123 Å². The highest BCUT2D eigenvalue weighted by Gasteiger charge is 2.28. The fourth-order valence-electron chi connectivity index (χ4n) is 2.46. The number of hydrogen-bond acceptors (Lipinski definition) is 2. The second-order valence-electron chi connectivity index (χ2n) is 5.04. The van der Waals surface area contributed by atoms with Gasteiger partial charge in [0.2, 0.25) is 0 Å². The first-order valence-corrected chi connectivity index (χ1v) is 6.42. The van der Waals surface area contributed by atoms with Gasteiger partial charge in [0.15, 0.2) is 0 Å². The normalized spacial score (nSPS) is 18.0. The van der Waals surface area contributed by atoms with E-state index in [0.717, 1.165) is 19.0 Å². The average molecular weight is 305 g/mol. The van der Waals surface area contributed by atoms with E-state index in [2.05, 4.69) is 5.32 Å². The summed E-state index contributed by atoms with van der Waals surface area (Å²) in [7, 11) is 1.87. The lowest BCUT2D eigenvalue weighted by molar-refractivity contribution is 0.0782. The Morgan fingerprint density at radius 2 is 2.10 bits per heavy atom. The molecule has 112 valence electrons. The molecule has 0 aromatic heterocycles. The Bertz CT molecular complexity index is 496. The third-order valence-electron chi connectivity index (χ3n) is 3.54. The van der Waals surface area contributed by atoms with Gasteiger partial charge in [-0.3, -0.25) is 4.79 Å². The van der Waals surface area contributed by atoms with Crippen LogP contribution in [0, 0.1) is 24.5 Å². The molecule has 1 fully saturated rings. The molecule has 1 amide bonds. The maximum Gasteiger partial charge on any atom is 0.256 e. The first kappa shape index (κ1) is 16.9. The molecular formula is C14H19ClF2N2O. The zero-order chi connectivity index (χ0) is 14.0. The lowest BCUT2D eigenvalue weighted by atomic mass is 10.1. The summed E-state index contributed by atoms with van der Waals surface area (Å²) in [5, 5.41) is 3.08. The Hall–Kier alpha value is -1.20. The molecule has 6 heteroatoms. The molecule has 1 aliphatic rings. The van der Waals surface area contributed by atoms with E-state index in [1.165, 1.54) is 13.0 Å². The fraction of sp³-hybridized carbons (Fsp3) is 0.500. The van der Waals surface area contributed by atoms with Gasteiger partial charge in [0.1, 0.15) is 11.6 Å². The number of carbonyl (C=O) groups excluding carboxylic acids is 1. The van der Waals surface area contributed by atoms with E-state index in [1.807, 2.05) is 7.05 Å². The van der Waals surface area contributed by atoms with Crippen LogP contribution in [0.25, 0.3) is 0 Å². The fourth-order valence-corrected chi connectivity index (χ4v) is 2.46. The molecule has 0 aliphatic carbocycles. The molecule has 0 spiro atoms. The summed E-state index contributed by atoms with van der Waals surface area (Å²) in [6.07, 6.45) is 0.911. The summed E-state index contributed by atoms with van der Waals surface area (Å²) in [5.74, 6) is -1.36. The van der Waals surface area contributed by atoms with Crippen LogP contribution >= 0.6 is 12.4 Å². The smallest absolute Gasteiger partial charge is 0.256 e. The van der Waals surface area contributed by atoms with Crippen molar-refractivity contribution in [1.29, 1.82) is 0 Å². The lowest BCUT2D eigenvalue weighted by Gasteiger charge is -2.17. The molecule has 1 aromatic rings. The Kier molecular flexibility index (Phi) is 5.89. The summed E-state index contributed by atoms with van der Waals surface area (Å²) >= 11 is 0. The monoisotopic (exact) mass is 304 g/mol. The minimum atomic E-state index is -0.787. The Morgan fingerprint density at radius 1 is 1.40 bits per heavy atom. The summed E-state index contributed by atoms with van der Waals surface area (Å²) in [4.78, 5) is 13.9. The van der Waals surface area contributed by atoms with Crippen LogP contribution in [0.4, 0.5) is 8.78 Å². The molecule has 1 N–H and O–H groups in total. The van der Waals surface area contributed by atoms with Gasteiger partial charge in [-0.25, -0.2) is 8.78 Å². The van der Waals surface area contributed by atoms with Crippen molar-refractivity contribution in [3.63, 3.8) is 0 Å². The molecule has 1 aliphatic heterocycles. The number of hydrogen-bond donors (Lipinski definition) is 1. The van der Waals surface area contributed by atoms with Crippen LogP contribution in [0.1, 0.15) is 22.3 Å². The van der Waals surface area contributed by atoms with E-state index in [4.69, 9.17) is 0 Å². The molecule has 0 saturated carbocycles.